The van der Waals surface area contributed by atoms with E-state index in [4.69, 9.17) is 20.4 Å². The van der Waals surface area contributed by atoms with E-state index < -0.39 is 30.4 Å². The number of carboxylic acids is 2. The number of aliphatic hydroxyl groups is 2. The number of aliphatic hydroxyl groups excluding tert-OH is 2. The van der Waals surface area contributed by atoms with Crippen molar-refractivity contribution in [3.63, 3.8) is 0 Å². The van der Waals surface area contributed by atoms with E-state index in [0.717, 1.165) is 7.05 Å². The molecule has 0 saturated heterocycles. The number of hydrogen-bond acceptors (Lipinski definition) is 5. The Kier molecular flexibility index (Phi) is 8.22. The van der Waals surface area contributed by atoms with E-state index in [1.165, 1.54) is 0 Å². The SMILES string of the molecule is CN(Cc1ccccc1)C(F)(F)F.O=C(O)C(O)C(O)C(=O)O. The normalized spacial score (nSPS) is 13.7. The molecule has 130 valence electrons. The van der Waals surface area contributed by atoms with Gasteiger partial charge in [-0.3, -0.25) is 0 Å². The molecule has 0 saturated carbocycles. The Labute approximate surface area is 129 Å². The van der Waals surface area contributed by atoms with Gasteiger partial charge in [-0.2, -0.15) is 13.2 Å². The van der Waals surface area contributed by atoms with Gasteiger partial charge >= 0.3 is 18.2 Å². The van der Waals surface area contributed by atoms with Crippen molar-refractivity contribution >= 4 is 11.9 Å². The van der Waals surface area contributed by atoms with Crippen molar-refractivity contribution in [3.05, 3.63) is 35.9 Å². The van der Waals surface area contributed by atoms with Crippen LogP contribution >= 0.6 is 0 Å². The molecule has 0 spiro atoms. The first-order valence-electron chi connectivity index (χ1n) is 6.10. The van der Waals surface area contributed by atoms with Gasteiger partial charge in [-0.05, 0) is 12.6 Å². The molecule has 0 aromatic heterocycles. The van der Waals surface area contributed by atoms with Crippen molar-refractivity contribution in [2.24, 2.45) is 0 Å². The molecule has 7 nitrogen and oxygen atoms in total. The molecule has 0 aliphatic heterocycles. The second kappa shape index (κ2) is 9.08. The Morgan fingerprint density at radius 1 is 1.04 bits per heavy atom. The summed E-state index contributed by atoms with van der Waals surface area (Å²) >= 11 is 0. The summed E-state index contributed by atoms with van der Waals surface area (Å²) in [5, 5.41) is 32.5. The molecule has 0 heterocycles. The monoisotopic (exact) mass is 339 g/mol. The molecule has 0 fully saturated rings. The fraction of sp³-hybridized carbons (Fsp3) is 0.385. The fourth-order valence-corrected chi connectivity index (χ4v) is 1.22. The molecule has 2 atom stereocenters. The molecule has 0 radical (unpaired) electrons. The third-order valence-electron chi connectivity index (χ3n) is 2.50. The Bertz CT molecular complexity index is 490. The lowest BCUT2D eigenvalue weighted by Gasteiger charge is -2.19. The summed E-state index contributed by atoms with van der Waals surface area (Å²) in [6.45, 7) is -0.107. The van der Waals surface area contributed by atoms with Gasteiger partial charge in [-0.15, -0.1) is 0 Å². The lowest BCUT2D eigenvalue weighted by atomic mass is 10.2. The first kappa shape index (κ1) is 20.8. The minimum Gasteiger partial charge on any atom is -0.479 e. The minimum atomic E-state index is -4.25. The molecule has 10 heteroatoms. The fourth-order valence-electron chi connectivity index (χ4n) is 1.22. The Morgan fingerprint density at radius 3 is 1.74 bits per heavy atom. The number of alkyl halides is 3. The average Bonchev–Trinajstić information content (AvgIpc) is 2.46. The molecule has 0 aliphatic carbocycles. The topological polar surface area (TPSA) is 118 Å². The molecule has 23 heavy (non-hydrogen) atoms. The van der Waals surface area contributed by atoms with E-state index in [0.29, 0.717) is 10.5 Å². The predicted molar refractivity (Wildman–Crippen MR) is 71.2 cm³/mol. The van der Waals surface area contributed by atoms with Crippen LogP contribution < -0.4 is 0 Å². The molecular weight excluding hydrogens is 323 g/mol. The summed E-state index contributed by atoms with van der Waals surface area (Å²) in [7, 11) is 1.03. The molecule has 1 rings (SSSR count). The van der Waals surface area contributed by atoms with Gasteiger partial charge in [-0.1, -0.05) is 30.3 Å². The minimum absolute atomic E-state index is 0.107. The van der Waals surface area contributed by atoms with Crippen LogP contribution in [0.2, 0.25) is 0 Å². The van der Waals surface area contributed by atoms with E-state index in [2.05, 4.69) is 0 Å². The Balaban J connectivity index is 0.000000438. The summed E-state index contributed by atoms with van der Waals surface area (Å²) in [5.41, 5.74) is 0.655. The standard InChI is InChI=1S/C9H10F3N.C4H6O6/c1-13(9(10,11)12)7-8-5-3-2-4-6-8;5-1(3(7)8)2(6)4(9)10/h2-6H,7H2,1H3;1-2,5-6H,(H,7,8)(H,9,10). The number of halogens is 3. The zero-order valence-corrected chi connectivity index (χ0v) is 11.9. The molecule has 4 N–H and O–H groups in total. The summed E-state index contributed by atoms with van der Waals surface area (Å²) < 4.78 is 36.2. The number of nitrogens with zero attached hydrogens (tertiary/aromatic N) is 1. The van der Waals surface area contributed by atoms with Crippen molar-refractivity contribution in [1.29, 1.82) is 0 Å². The van der Waals surface area contributed by atoms with Gasteiger partial charge in [0.1, 0.15) is 0 Å². The molecule has 0 amide bonds. The van der Waals surface area contributed by atoms with E-state index in [9.17, 15) is 22.8 Å². The molecule has 1 aromatic rings. The van der Waals surface area contributed by atoms with Gasteiger partial charge in [0, 0.05) is 6.54 Å². The van der Waals surface area contributed by atoms with Gasteiger partial charge < -0.3 is 20.4 Å². The number of rotatable bonds is 5. The highest BCUT2D eigenvalue weighted by Gasteiger charge is 2.33. The maximum atomic E-state index is 12.1. The van der Waals surface area contributed by atoms with Gasteiger partial charge in [0.25, 0.3) is 0 Å². The van der Waals surface area contributed by atoms with Crippen LogP contribution in [-0.4, -0.2) is 62.8 Å². The number of carboxylic acid groups (broad SMARTS) is 2. The van der Waals surface area contributed by atoms with E-state index in [-0.39, 0.29) is 6.54 Å². The van der Waals surface area contributed by atoms with Crippen LogP contribution in [0.4, 0.5) is 13.2 Å². The van der Waals surface area contributed by atoms with Gasteiger partial charge in [0.2, 0.25) is 0 Å². The van der Waals surface area contributed by atoms with Gasteiger partial charge in [0.05, 0.1) is 0 Å². The lowest BCUT2D eigenvalue weighted by Crippen LogP contribution is -2.39. The van der Waals surface area contributed by atoms with Crippen molar-refractivity contribution in [2.75, 3.05) is 7.05 Å². The van der Waals surface area contributed by atoms with Gasteiger partial charge in [0.15, 0.2) is 12.2 Å². The third kappa shape index (κ3) is 8.14. The highest BCUT2D eigenvalue weighted by atomic mass is 19.4. The second-order valence-corrected chi connectivity index (χ2v) is 4.38. The van der Waals surface area contributed by atoms with Crippen LogP contribution in [0.1, 0.15) is 5.56 Å². The van der Waals surface area contributed by atoms with Crippen LogP contribution in [0.5, 0.6) is 0 Å². The number of aliphatic carboxylic acids is 2. The third-order valence-corrected chi connectivity index (χ3v) is 2.50. The highest BCUT2D eigenvalue weighted by Crippen LogP contribution is 2.20. The lowest BCUT2D eigenvalue weighted by molar-refractivity contribution is -0.240. The van der Waals surface area contributed by atoms with E-state index >= 15 is 0 Å². The van der Waals surface area contributed by atoms with E-state index in [1.807, 2.05) is 0 Å². The first-order chi connectivity index (χ1) is 10.5. The van der Waals surface area contributed by atoms with Crippen molar-refractivity contribution in [3.8, 4) is 0 Å². The van der Waals surface area contributed by atoms with Crippen molar-refractivity contribution in [2.45, 2.75) is 25.1 Å². The first-order valence-corrected chi connectivity index (χ1v) is 6.10. The summed E-state index contributed by atoms with van der Waals surface area (Å²) in [4.78, 5) is 19.9. The zero-order chi connectivity index (χ0) is 18.2. The molecule has 1 aromatic carbocycles. The van der Waals surface area contributed by atoms with Crippen LogP contribution in [-0.2, 0) is 16.1 Å². The molecular formula is C13H16F3NO6. The molecule has 0 aliphatic rings. The van der Waals surface area contributed by atoms with Crippen molar-refractivity contribution < 1.29 is 43.2 Å². The van der Waals surface area contributed by atoms with Crippen molar-refractivity contribution in [1.82, 2.24) is 4.90 Å². The second-order valence-electron chi connectivity index (χ2n) is 4.38. The number of carbonyl (C=O) groups is 2. The summed E-state index contributed by atoms with van der Waals surface area (Å²) in [6.07, 6.45) is -8.79. The summed E-state index contributed by atoms with van der Waals surface area (Å²) in [5.74, 6) is -3.54. The van der Waals surface area contributed by atoms with Crippen LogP contribution in [0.25, 0.3) is 0 Å². The summed E-state index contributed by atoms with van der Waals surface area (Å²) in [6, 6.07) is 8.56. The zero-order valence-electron chi connectivity index (χ0n) is 11.9. The van der Waals surface area contributed by atoms with Crippen LogP contribution in [0.15, 0.2) is 30.3 Å². The highest BCUT2D eigenvalue weighted by molar-refractivity contribution is 5.83. The Hall–Kier alpha value is -2.17. The number of benzene rings is 1. The average molecular weight is 339 g/mol. The van der Waals surface area contributed by atoms with Crippen LogP contribution in [0.3, 0.4) is 0 Å². The quantitative estimate of drug-likeness (QED) is 0.577. The molecule has 0 bridgehead atoms. The number of hydrogen-bond donors (Lipinski definition) is 4. The maximum absolute atomic E-state index is 12.1. The maximum Gasteiger partial charge on any atom is 0.459 e. The molecule has 2 unspecified atom stereocenters. The Morgan fingerprint density at radius 2 is 1.43 bits per heavy atom. The van der Waals surface area contributed by atoms with E-state index in [1.54, 1.807) is 30.3 Å². The van der Waals surface area contributed by atoms with Crippen LogP contribution in [0, 0.1) is 0 Å². The predicted octanol–water partition coefficient (Wildman–Crippen LogP) is 0.516. The smallest absolute Gasteiger partial charge is 0.459 e. The largest absolute Gasteiger partial charge is 0.479 e. The van der Waals surface area contributed by atoms with Gasteiger partial charge in [-0.25, -0.2) is 14.5 Å².